The summed E-state index contributed by atoms with van der Waals surface area (Å²) in [6.45, 7) is 2.03. The molecule has 2 nitrogen and oxygen atoms in total. The van der Waals surface area contributed by atoms with Crippen molar-refractivity contribution in [3.05, 3.63) is 78.0 Å². The van der Waals surface area contributed by atoms with E-state index < -0.39 is 0 Å². The second-order valence-electron chi connectivity index (χ2n) is 5.69. The Labute approximate surface area is 126 Å². The van der Waals surface area contributed by atoms with Gasteiger partial charge in [-0.05, 0) is 29.8 Å². The Hall–Kier alpha value is -2.06. The highest BCUT2D eigenvalue weighted by Gasteiger charge is 2.26. The van der Waals surface area contributed by atoms with Crippen LogP contribution in [0.3, 0.4) is 0 Å². The predicted octanol–water partition coefficient (Wildman–Crippen LogP) is 3.47. The van der Waals surface area contributed by atoms with Crippen molar-refractivity contribution in [3.8, 4) is 0 Å². The molecule has 1 aliphatic heterocycles. The van der Waals surface area contributed by atoms with Crippen LogP contribution in [0.5, 0.6) is 0 Å². The Balaban J connectivity index is 1.70. The molecule has 2 aromatic rings. The van der Waals surface area contributed by atoms with Gasteiger partial charge in [-0.2, -0.15) is 0 Å². The summed E-state index contributed by atoms with van der Waals surface area (Å²) >= 11 is 0. The van der Waals surface area contributed by atoms with Crippen molar-refractivity contribution in [2.24, 2.45) is 5.73 Å². The average Bonchev–Trinajstić information content (AvgIpc) is 2.56. The van der Waals surface area contributed by atoms with Gasteiger partial charge in [-0.15, -0.1) is 0 Å². The molecule has 0 aliphatic carbocycles. The lowest BCUT2D eigenvalue weighted by molar-refractivity contribution is 0.255. The normalized spacial score (nSPS) is 22.6. The second-order valence-corrected chi connectivity index (χ2v) is 5.69. The van der Waals surface area contributed by atoms with Crippen molar-refractivity contribution in [2.45, 2.75) is 18.4 Å². The Morgan fingerprint density at radius 1 is 0.952 bits per heavy atom. The summed E-state index contributed by atoms with van der Waals surface area (Å²) in [4.78, 5) is 2.38. The lowest BCUT2D eigenvalue weighted by atomic mass is 9.87. The van der Waals surface area contributed by atoms with Gasteiger partial charge in [0.15, 0.2) is 0 Å². The first kappa shape index (κ1) is 13.9. The van der Waals surface area contributed by atoms with Crippen molar-refractivity contribution in [1.29, 1.82) is 0 Å². The van der Waals surface area contributed by atoms with E-state index in [0.29, 0.717) is 5.92 Å². The van der Waals surface area contributed by atoms with E-state index in [9.17, 15) is 0 Å². The number of hydrogen-bond donors (Lipinski definition) is 1. The molecule has 3 rings (SSSR count). The molecule has 1 fully saturated rings. The SMILES string of the molecule is NC1CCN(C=Cc2ccccc2)CC1c1ccccc1. The molecule has 0 radical (unpaired) electrons. The molecule has 2 N–H and O–H groups in total. The summed E-state index contributed by atoms with van der Waals surface area (Å²) in [6, 6.07) is 21.3. The van der Waals surface area contributed by atoms with Crippen LogP contribution in [-0.4, -0.2) is 24.0 Å². The van der Waals surface area contributed by atoms with Crippen LogP contribution in [0, 0.1) is 0 Å². The van der Waals surface area contributed by atoms with Crippen molar-refractivity contribution >= 4 is 6.08 Å². The quantitative estimate of drug-likeness (QED) is 0.931. The van der Waals surface area contributed by atoms with Gasteiger partial charge >= 0.3 is 0 Å². The van der Waals surface area contributed by atoms with Gasteiger partial charge in [0.25, 0.3) is 0 Å². The third-order valence-corrected chi connectivity index (χ3v) is 4.20. The van der Waals surface area contributed by atoms with E-state index in [4.69, 9.17) is 5.73 Å². The summed E-state index contributed by atoms with van der Waals surface area (Å²) in [6.07, 6.45) is 5.43. The molecule has 0 spiro atoms. The maximum Gasteiger partial charge on any atom is 0.0256 e. The zero-order valence-electron chi connectivity index (χ0n) is 12.2. The molecule has 1 saturated heterocycles. The first-order valence-electron chi connectivity index (χ1n) is 7.61. The molecule has 2 aromatic carbocycles. The molecular weight excluding hydrogens is 256 g/mol. The minimum absolute atomic E-state index is 0.258. The third-order valence-electron chi connectivity index (χ3n) is 4.20. The van der Waals surface area contributed by atoms with Gasteiger partial charge in [-0.1, -0.05) is 60.7 Å². The van der Waals surface area contributed by atoms with Gasteiger partial charge < -0.3 is 10.6 Å². The van der Waals surface area contributed by atoms with Gasteiger partial charge in [-0.3, -0.25) is 0 Å². The average molecular weight is 278 g/mol. The maximum atomic E-state index is 6.33. The highest BCUT2D eigenvalue weighted by molar-refractivity contribution is 5.48. The van der Waals surface area contributed by atoms with Crippen molar-refractivity contribution in [3.63, 3.8) is 0 Å². The molecule has 1 heterocycles. The van der Waals surface area contributed by atoms with Gasteiger partial charge in [0.05, 0.1) is 0 Å². The Morgan fingerprint density at radius 3 is 2.33 bits per heavy atom. The van der Waals surface area contributed by atoms with Crippen LogP contribution < -0.4 is 5.73 Å². The zero-order chi connectivity index (χ0) is 14.5. The first-order valence-corrected chi connectivity index (χ1v) is 7.61. The van der Waals surface area contributed by atoms with E-state index >= 15 is 0 Å². The van der Waals surface area contributed by atoms with Crippen LogP contribution in [0.4, 0.5) is 0 Å². The molecule has 0 bridgehead atoms. The number of likely N-dealkylation sites (tertiary alicyclic amines) is 1. The summed E-state index contributed by atoms with van der Waals surface area (Å²) < 4.78 is 0. The lowest BCUT2D eigenvalue weighted by Gasteiger charge is -2.36. The number of benzene rings is 2. The molecule has 2 heteroatoms. The maximum absolute atomic E-state index is 6.33. The van der Waals surface area contributed by atoms with E-state index in [1.807, 2.05) is 6.07 Å². The Bertz CT molecular complexity index is 577. The van der Waals surface area contributed by atoms with Gasteiger partial charge in [0, 0.05) is 25.0 Å². The largest absolute Gasteiger partial charge is 0.377 e. The fourth-order valence-electron chi connectivity index (χ4n) is 2.94. The van der Waals surface area contributed by atoms with Gasteiger partial charge in [-0.25, -0.2) is 0 Å². The topological polar surface area (TPSA) is 29.3 Å². The fraction of sp³-hybridized carbons (Fsp3) is 0.263. The van der Waals surface area contributed by atoms with Crippen LogP contribution in [0.2, 0.25) is 0 Å². The van der Waals surface area contributed by atoms with E-state index in [1.54, 1.807) is 0 Å². The highest BCUT2D eigenvalue weighted by Crippen LogP contribution is 2.26. The minimum Gasteiger partial charge on any atom is -0.377 e. The van der Waals surface area contributed by atoms with E-state index in [1.165, 1.54) is 11.1 Å². The zero-order valence-corrected chi connectivity index (χ0v) is 12.2. The van der Waals surface area contributed by atoms with Crippen molar-refractivity contribution < 1.29 is 0 Å². The predicted molar refractivity (Wildman–Crippen MR) is 88.8 cm³/mol. The summed E-state index contributed by atoms with van der Waals surface area (Å²) in [5.74, 6) is 0.417. The van der Waals surface area contributed by atoms with Crippen LogP contribution in [0.25, 0.3) is 6.08 Å². The molecular formula is C19H22N2. The number of nitrogens with zero attached hydrogens (tertiary/aromatic N) is 1. The van der Waals surface area contributed by atoms with Gasteiger partial charge in [0.1, 0.15) is 0 Å². The summed E-state index contributed by atoms with van der Waals surface area (Å²) in [5, 5.41) is 0. The van der Waals surface area contributed by atoms with E-state index in [2.05, 4.69) is 71.8 Å². The van der Waals surface area contributed by atoms with Crippen LogP contribution in [0.15, 0.2) is 66.9 Å². The van der Waals surface area contributed by atoms with Crippen molar-refractivity contribution in [1.82, 2.24) is 4.90 Å². The van der Waals surface area contributed by atoms with Crippen LogP contribution in [-0.2, 0) is 0 Å². The Kier molecular flexibility index (Phi) is 4.37. The van der Waals surface area contributed by atoms with Crippen LogP contribution in [0.1, 0.15) is 23.5 Å². The monoisotopic (exact) mass is 278 g/mol. The molecule has 0 amide bonds. The number of hydrogen-bond acceptors (Lipinski definition) is 2. The minimum atomic E-state index is 0.258. The first-order chi connectivity index (χ1) is 10.3. The molecule has 108 valence electrons. The third kappa shape index (κ3) is 3.53. The van der Waals surface area contributed by atoms with Crippen molar-refractivity contribution in [2.75, 3.05) is 13.1 Å². The number of nitrogens with two attached hydrogens (primary N) is 1. The molecule has 0 aromatic heterocycles. The molecule has 21 heavy (non-hydrogen) atoms. The molecule has 0 saturated carbocycles. The van der Waals surface area contributed by atoms with Crippen LogP contribution >= 0.6 is 0 Å². The Morgan fingerprint density at radius 2 is 1.62 bits per heavy atom. The molecule has 2 unspecified atom stereocenters. The lowest BCUT2D eigenvalue weighted by Crippen LogP contribution is -2.43. The smallest absolute Gasteiger partial charge is 0.0256 e. The summed E-state index contributed by atoms with van der Waals surface area (Å²) in [7, 11) is 0. The number of rotatable bonds is 3. The fourth-order valence-corrected chi connectivity index (χ4v) is 2.94. The van der Waals surface area contributed by atoms with E-state index in [0.717, 1.165) is 19.5 Å². The number of piperidine rings is 1. The molecule has 1 aliphatic rings. The standard InChI is InChI=1S/C19H22N2/c20-19-12-14-21(13-11-16-7-3-1-4-8-16)15-18(19)17-9-5-2-6-10-17/h1-11,13,18-19H,12,14-15,20H2. The second kappa shape index (κ2) is 6.59. The van der Waals surface area contributed by atoms with E-state index in [-0.39, 0.29) is 6.04 Å². The van der Waals surface area contributed by atoms with Gasteiger partial charge in [0.2, 0.25) is 0 Å². The summed E-state index contributed by atoms with van der Waals surface area (Å²) in [5.41, 5.74) is 8.92. The highest BCUT2D eigenvalue weighted by atomic mass is 15.1. The molecule has 2 atom stereocenters.